The van der Waals surface area contributed by atoms with Gasteiger partial charge in [0.2, 0.25) is 5.91 Å². The van der Waals surface area contributed by atoms with Gasteiger partial charge in [0.05, 0.1) is 22.2 Å². The van der Waals surface area contributed by atoms with Gasteiger partial charge in [0.25, 0.3) is 5.91 Å². The molecule has 7 heteroatoms. The van der Waals surface area contributed by atoms with Crippen molar-refractivity contribution in [3.8, 4) is 0 Å². The van der Waals surface area contributed by atoms with Crippen molar-refractivity contribution in [2.45, 2.75) is 17.5 Å². The van der Waals surface area contributed by atoms with E-state index in [2.05, 4.69) is 5.32 Å². The van der Waals surface area contributed by atoms with Crippen LogP contribution in [0.25, 0.3) is 0 Å². The third-order valence-electron chi connectivity index (χ3n) is 3.39. The highest BCUT2D eigenvalue weighted by Gasteiger charge is 2.45. The van der Waals surface area contributed by atoms with E-state index in [1.807, 2.05) is 31.2 Å². The average molecular weight is 290 g/mol. The number of primary amides is 1. The summed E-state index contributed by atoms with van der Waals surface area (Å²) in [6, 6.07) is 7.30. The summed E-state index contributed by atoms with van der Waals surface area (Å²) in [6.07, 6.45) is 0. The number of anilines is 2. The van der Waals surface area contributed by atoms with E-state index in [1.165, 1.54) is 11.8 Å². The zero-order chi connectivity index (χ0) is 14.4. The number of rotatable bonds is 1. The first-order chi connectivity index (χ1) is 9.50. The number of thioether (sulfide) groups is 1. The zero-order valence-corrected chi connectivity index (χ0v) is 11.6. The number of amides is 2. The molecule has 1 aromatic rings. The normalized spacial score (nSPS) is 24.9. The minimum atomic E-state index is -0.618. The van der Waals surface area contributed by atoms with Crippen LogP contribution in [0.4, 0.5) is 11.4 Å². The molecular formula is C13H14N4O2S. The van der Waals surface area contributed by atoms with Crippen LogP contribution in [0.3, 0.4) is 0 Å². The smallest absolute Gasteiger partial charge is 0.251 e. The molecule has 20 heavy (non-hydrogen) atoms. The second kappa shape index (κ2) is 4.45. The van der Waals surface area contributed by atoms with Crippen molar-refractivity contribution in [3.05, 3.63) is 35.7 Å². The molecule has 0 radical (unpaired) electrons. The molecule has 3 rings (SSSR count). The molecule has 1 saturated heterocycles. The molecule has 1 aromatic carbocycles. The quantitative estimate of drug-likeness (QED) is 0.701. The number of nitrogens with two attached hydrogens (primary N) is 2. The molecule has 6 nitrogen and oxygen atoms in total. The second-order valence-electron chi connectivity index (χ2n) is 4.67. The monoisotopic (exact) mass is 290 g/mol. The van der Waals surface area contributed by atoms with Crippen molar-refractivity contribution in [2.24, 2.45) is 11.5 Å². The number of hydrogen-bond donors (Lipinski definition) is 3. The Bertz CT molecular complexity index is 643. The van der Waals surface area contributed by atoms with Crippen molar-refractivity contribution in [2.75, 3.05) is 10.2 Å². The Morgan fingerprint density at radius 1 is 1.40 bits per heavy atom. The van der Waals surface area contributed by atoms with Gasteiger partial charge >= 0.3 is 0 Å². The summed E-state index contributed by atoms with van der Waals surface area (Å²) in [6.45, 7) is 1.81. The maximum atomic E-state index is 12.4. The molecule has 0 aliphatic carbocycles. The van der Waals surface area contributed by atoms with Gasteiger partial charge in [-0.05, 0) is 19.1 Å². The Morgan fingerprint density at radius 2 is 2.10 bits per heavy atom. The lowest BCUT2D eigenvalue weighted by molar-refractivity contribution is -0.117. The number of nitrogens with one attached hydrogen (secondary N) is 1. The Hall–Kier alpha value is -2.15. The summed E-state index contributed by atoms with van der Waals surface area (Å²) in [5, 5.41) is 2.24. The van der Waals surface area contributed by atoms with Crippen LogP contribution in [-0.4, -0.2) is 22.4 Å². The van der Waals surface area contributed by atoms with Gasteiger partial charge in [-0.25, -0.2) is 0 Å². The van der Waals surface area contributed by atoms with Crippen LogP contribution in [0, 0.1) is 0 Å². The van der Waals surface area contributed by atoms with Gasteiger partial charge in [0.1, 0.15) is 11.2 Å². The van der Waals surface area contributed by atoms with Crippen LogP contribution in [0.5, 0.6) is 0 Å². The topological polar surface area (TPSA) is 101 Å². The fourth-order valence-corrected chi connectivity index (χ4v) is 3.79. The zero-order valence-electron chi connectivity index (χ0n) is 10.8. The van der Waals surface area contributed by atoms with E-state index in [4.69, 9.17) is 11.5 Å². The minimum absolute atomic E-state index is 0.0531. The van der Waals surface area contributed by atoms with Gasteiger partial charge in [0.15, 0.2) is 0 Å². The van der Waals surface area contributed by atoms with Crippen LogP contribution < -0.4 is 21.7 Å². The number of benzene rings is 1. The predicted molar refractivity (Wildman–Crippen MR) is 78.8 cm³/mol. The molecule has 1 fully saturated rings. The van der Waals surface area contributed by atoms with Crippen molar-refractivity contribution in [3.63, 3.8) is 0 Å². The molecule has 104 valence electrons. The Morgan fingerprint density at radius 3 is 2.80 bits per heavy atom. The van der Waals surface area contributed by atoms with Gasteiger partial charge in [-0.3, -0.25) is 14.5 Å². The second-order valence-corrected chi connectivity index (χ2v) is 6.10. The van der Waals surface area contributed by atoms with E-state index < -0.39 is 11.3 Å². The summed E-state index contributed by atoms with van der Waals surface area (Å²) in [4.78, 5) is 25.7. The summed E-state index contributed by atoms with van der Waals surface area (Å²) in [5.41, 5.74) is 13.0. The third kappa shape index (κ3) is 1.74. The fourth-order valence-electron chi connectivity index (χ4n) is 2.46. The molecule has 0 spiro atoms. The molecule has 2 heterocycles. The van der Waals surface area contributed by atoms with Crippen molar-refractivity contribution >= 4 is 35.0 Å². The molecule has 5 N–H and O–H groups in total. The number of carbonyl (C=O) groups is 2. The Labute approximate surface area is 120 Å². The van der Waals surface area contributed by atoms with Gasteiger partial charge in [-0.2, -0.15) is 0 Å². The standard InChI is InChI=1S/C13H14N4O2S/c1-6-12(19)17-8-5-3-2-4-7(8)16-10(14)9(11(15)18)13(17)20-6/h2-6,13,16H,14H2,1H3,(H2,15,18). The minimum Gasteiger partial charge on any atom is -0.385 e. The highest BCUT2D eigenvalue weighted by atomic mass is 32.2. The van der Waals surface area contributed by atoms with Crippen LogP contribution >= 0.6 is 11.8 Å². The fraction of sp³-hybridized carbons (Fsp3) is 0.231. The Balaban J connectivity index is 2.23. The maximum Gasteiger partial charge on any atom is 0.251 e. The van der Waals surface area contributed by atoms with Crippen molar-refractivity contribution < 1.29 is 9.59 Å². The molecule has 2 aliphatic heterocycles. The maximum absolute atomic E-state index is 12.4. The van der Waals surface area contributed by atoms with Crippen LogP contribution in [0.2, 0.25) is 0 Å². The molecule has 0 saturated carbocycles. The number of hydrogen-bond acceptors (Lipinski definition) is 5. The van der Waals surface area contributed by atoms with Crippen LogP contribution in [0.15, 0.2) is 35.7 Å². The van der Waals surface area contributed by atoms with E-state index in [9.17, 15) is 9.59 Å². The molecule has 2 aliphatic rings. The van der Waals surface area contributed by atoms with Gasteiger partial charge in [-0.15, -0.1) is 11.8 Å². The summed E-state index contributed by atoms with van der Waals surface area (Å²) in [5.74, 6) is -0.471. The highest BCUT2D eigenvalue weighted by Crippen LogP contribution is 2.44. The molecule has 0 aromatic heterocycles. The first-order valence-corrected chi connectivity index (χ1v) is 7.09. The average Bonchev–Trinajstić information content (AvgIpc) is 2.60. The first kappa shape index (κ1) is 12.9. The number of nitrogens with zero attached hydrogens (tertiary/aromatic N) is 1. The molecule has 0 bridgehead atoms. The van der Waals surface area contributed by atoms with Crippen molar-refractivity contribution in [1.29, 1.82) is 0 Å². The number of fused-ring (bicyclic) bond motifs is 3. The molecule has 2 amide bonds. The van der Waals surface area contributed by atoms with E-state index >= 15 is 0 Å². The van der Waals surface area contributed by atoms with E-state index in [1.54, 1.807) is 4.90 Å². The predicted octanol–water partition coefficient (Wildman–Crippen LogP) is 0.562. The lowest BCUT2D eigenvalue weighted by Gasteiger charge is -2.23. The lowest BCUT2D eigenvalue weighted by Crippen LogP contribution is -2.38. The number of carbonyl (C=O) groups excluding carboxylic acids is 2. The number of para-hydroxylation sites is 2. The summed E-state index contributed by atoms with van der Waals surface area (Å²) in [7, 11) is 0. The Kier molecular flexibility index (Phi) is 2.86. The SMILES string of the molecule is CC1SC2C(C(N)=O)=C(N)Nc3ccccc3N2C1=O. The summed E-state index contributed by atoms with van der Waals surface area (Å²) < 4.78 is 0. The van der Waals surface area contributed by atoms with Gasteiger partial charge in [0, 0.05) is 0 Å². The molecular weight excluding hydrogens is 276 g/mol. The third-order valence-corrected chi connectivity index (χ3v) is 4.70. The molecule has 2 atom stereocenters. The largest absolute Gasteiger partial charge is 0.385 e. The first-order valence-electron chi connectivity index (χ1n) is 6.14. The van der Waals surface area contributed by atoms with E-state index in [0.29, 0.717) is 11.4 Å². The summed E-state index contributed by atoms with van der Waals surface area (Å²) >= 11 is 1.37. The lowest BCUT2D eigenvalue weighted by atomic mass is 10.2. The highest BCUT2D eigenvalue weighted by molar-refractivity contribution is 8.02. The van der Waals surface area contributed by atoms with Gasteiger partial charge < -0.3 is 16.8 Å². The molecule has 2 unspecified atom stereocenters. The van der Waals surface area contributed by atoms with Crippen molar-refractivity contribution in [1.82, 2.24) is 0 Å². The van der Waals surface area contributed by atoms with Crippen LogP contribution in [0.1, 0.15) is 6.92 Å². The van der Waals surface area contributed by atoms with E-state index in [0.717, 1.165) is 0 Å². The van der Waals surface area contributed by atoms with Gasteiger partial charge in [-0.1, -0.05) is 12.1 Å². The van der Waals surface area contributed by atoms with Crippen LogP contribution in [-0.2, 0) is 9.59 Å². The van der Waals surface area contributed by atoms with E-state index in [-0.39, 0.29) is 22.6 Å².